The first-order valence-electron chi connectivity index (χ1n) is 34.2. The number of hydrogen-bond donors (Lipinski definition) is 0. The molecule has 0 atom stereocenters. The maximum absolute atomic E-state index is 6.00. The van der Waals surface area contributed by atoms with Crippen LogP contribution in [0.15, 0.2) is 394 Å². The lowest BCUT2D eigenvalue weighted by Crippen LogP contribution is -2.78. The van der Waals surface area contributed by atoms with Crippen LogP contribution in [0.5, 0.6) is 0 Å². The van der Waals surface area contributed by atoms with E-state index in [0.29, 0.717) is 17.7 Å². The van der Waals surface area contributed by atoms with E-state index in [-0.39, 0.29) is 0 Å². The molecule has 18 aromatic rings. The molecule has 0 unspecified atom stereocenters. The van der Waals surface area contributed by atoms with E-state index in [1.807, 2.05) is 0 Å². The summed E-state index contributed by atoms with van der Waals surface area (Å²) in [5, 5.41) is 14.3. The number of aromatic nitrogens is 5. The fourth-order valence-corrected chi connectivity index (χ4v) is 25.6. The predicted molar refractivity (Wildman–Crippen MR) is 423 cm³/mol. The van der Waals surface area contributed by atoms with E-state index in [1.165, 1.54) is 41.5 Å². The molecule has 0 aliphatic carbocycles. The molecule has 0 aliphatic heterocycles. The first-order valence-corrected chi connectivity index (χ1v) is 38.2. The Morgan fingerprint density at radius 1 is 0.170 bits per heavy atom. The summed E-state index contributed by atoms with van der Waals surface area (Å²) in [5.41, 5.74) is 14.1. The highest BCUT2D eigenvalue weighted by molar-refractivity contribution is 7.22. The van der Waals surface area contributed by atoms with Crippen LogP contribution in [0.1, 0.15) is 0 Å². The van der Waals surface area contributed by atoms with E-state index in [4.69, 9.17) is 15.0 Å². The predicted octanol–water partition coefficient (Wildman–Crippen LogP) is 17.2. The Bertz CT molecular complexity index is 5850. The summed E-state index contributed by atoms with van der Waals surface area (Å²) in [6.45, 7) is 0. The van der Waals surface area contributed by atoms with Gasteiger partial charge in [0, 0.05) is 27.1 Å². The summed E-state index contributed by atoms with van der Waals surface area (Å²) in [7, 11) is -7.18. The first-order chi connectivity index (χ1) is 49.6. The number of hydrogen-bond acceptors (Lipinski definition) is 3. The van der Waals surface area contributed by atoms with E-state index in [1.54, 1.807) is 0 Å². The summed E-state index contributed by atoms with van der Waals surface area (Å²) >= 11 is 0. The normalized spacial score (nSPS) is 11.8. The van der Waals surface area contributed by atoms with Crippen LogP contribution in [0.2, 0.25) is 0 Å². The van der Waals surface area contributed by atoms with Gasteiger partial charge in [0.25, 0.3) is 0 Å². The van der Waals surface area contributed by atoms with Crippen molar-refractivity contribution in [2.45, 2.75) is 0 Å². The Kier molecular flexibility index (Phi) is 15.2. The standard InChI is InChI=1S/C93H65N5Si2/c1-8-31-66(32-9-1)70-39-28-48-78(59-70)99(75-42-16-5-17-43-75,76-44-18-6-19-45-76)81-62-74(63-82(65-81)100(77-46-20-7-21-47-77,79-49-29-40-71(60-79)67-33-10-2-11-34-67)80-50-30-41-72(61-80)68-35-12-3-13-36-68)91-94-92(97-87-54-25-22-51-83(87)84-52-23-26-55-88(84)97)96-93(95-91)98-89-56-27-24-53-85(89)86-64-73(57-58-90(86)98)69-37-14-4-15-38-69/h1-65H. The second-order valence-electron chi connectivity index (χ2n) is 25.8. The summed E-state index contributed by atoms with van der Waals surface area (Å²) in [4.78, 5) is 17.8. The van der Waals surface area contributed by atoms with Crippen LogP contribution < -0.4 is 41.5 Å². The van der Waals surface area contributed by atoms with Crippen molar-refractivity contribution >= 4 is 101 Å². The van der Waals surface area contributed by atoms with Gasteiger partial charge in [0.1, 0.15) is 0 Å². The van der Waals surface area contributed by atoms with Gasteiger partial charge >= 0.3 is 0 Å². The molecule has 0 N–H and O–H groups in total. The van der Waals surface area contributed by atoms with Crippen LogP contribution in [0.3, 0.4) is 0 Å². The molecule has 0 saturated heterocycles. The number of benzene rings is 15. The zero-order valence-electron chi connectivity index (χ0n) is 54.8. The molecule has 0 aliphatic rings. The van der Waals surface area contributed by atoms with Crippen molar-refractivity contribution < 1.29 is 0 Å². The molecule has 15 aromatic carbocycles. The second-order valence-corrected chi connectivity index (χ2v) is 33.4. The van der Waals surface area contributed by atoms with Gasteiger partial charge in [-0.25, -0.2) is 0 Å². The number of nitrogens with zero attached hydrogens (tertiary/aromatic N) is 5. The van der Waals surface area contributed by atoms with Crippen LogP contribution in [0.4, 0.5) is 0 Å². The third kappa shape index (κ3) is 10.3. The highest BCUT2D eigenvalue weighted by Gasteiger charge is 2.47. The van der Waals surface area contributed by atoms with Gasteiger partial charge in [-0.2, -0.15) is 15.0 Å². The van der Waals surface area contributed by atoms with E-state index in [0.717, 1.165) is 93.7 Å². The zero-order valence-corrected chi connectivity index (χ0v) is 56.8. The molecule has 0 radical (unpaired) electrons. The molecular formula is C93H65N5Si2. The largest absolute Gasteiger partial charge is 0.278 e. The quantitative estimate of drug-likeness (QED) is 0.0759. The van der Waals surface area contributed by atoms with Gasteiger partial charge in [0.15, 0.2) is 22.0 Å². The number of fused-ring (bicyclic) bond motifs is 6. The Hall–Kier alpha value is -12.7. The van der Waals surface area contributed by atoms with Gasteiger partial charge < -0.3 is 0 Å². The minimum atomic E-state index is -3.64. The van der Waals surface area contributed by atoms with Crippen molar-refractivity contribution in [1.29, 1.82) is 0 Å². The van der Waals surface area contributed by atoms with Crippen molar-refractivity contribution in [3.8, 4) is 67.8 Å². The topological polar surface area (TPSA) is 48.5 Å². The van der Waals surface area contributed by atoms with Gasteiger partial charge in [0.05, 0.1) is 22.1 Å². The zero-order chi connectivity index (χ0) is 66.4. The van der Waals surface area contributed by atoms with Crippen LogP contribution in [-0.4, -0.2) is 40.2 Å². The molecule has 100 heavy (non-hydrogen) atoms. The van der Waals surface area contributed by atoms with Gasteiger partial charge in [-0.15, -0.1) is 0 Å². The highest BCUT2D eigenvalue weighted by atomic mass is 28.3. The Balaban J connectivity index is 1.02. The first kappa shape index (κ1) is 59.8. The molecule has 0 amide bonds. The minimum absolute atomic E-state index is 0.510. The fourth-order valence-electron chi connectivity index (χ4n) is 15.8. The van der Waals surface area contributed by atoms with Crippen molar-refractivity contribution in [3.63, 3.8) is 0 Å². The summed E-state index contributed by atoms with van der Waals surface area (Å²) in [5.74, 6) is 1.57. The Labute approximate surface area is 583 Å². The summed E-state index contributed by atoms with van der Waals surface area (Å²) in [6.07, 6.45) is 0. The van der Waals surface area contributed by atoms with Gasteiger partial charge in [0.2, 0.25) is 11.9 Å². The molecule has 0 fully saturated rings. The molecule has 18 rings (SSSR count). The smallest absolute Gasteiger partial charge is 0.240 e. The summed E-state index contributed by atoms with van der Waals surface area (Å²) < 4.78 is 4.52. The molecule has 470 valence electrons. The van der Waals surface area contributed by atoms with Crippen molar-refractivity contribution in [2.24, 2.45) is 0 Å². The lowest BCUT2D eigenvalue weighted by Gasteiger charge is -2.39. The van der Waals surface area contributed by atoms with E-state index in [9.17, 15) is 0 Å². The number of rotatable bonds is 15. The highest BCUT2D eigenvalue weighted by Crippen LogP contribution is 2.37. The lowest BCUT2D eigenvalue weighted by atomic mass is 10.0. The van der Waals surface area contributed by atoms with Gasteiger partial charge in [-0.05, 0) is 116 Å². The molecule has 3 heterocycles. The molecule has 7 heteroatoms. The third-order valence-corrected chi connectivity index (χ3v) is 29.7. The maximum atomic E-state index is 6.00. The Morgan fingerprint density at radius 2 is 0.440 bits per heavy atom. The molecule has 0 spiro atoms. The second kappa shape index (κ2) is 25.4. The summed E-state index contributed by atoms with van der Waals surface area (Å²) in [6, 6.07) is 146. The maximum Gasteiger partial charge on any atom is 0.240 e. The molecule has 0 saturated carbocycles. The van der Waals surface area contributed by atoms with Gasteiger partial charge in [-0.1, -0.05) is 364 Å². The Morgan fingerprint density at radius 3 is 0.810 bits per heavy atom. The van der Waals surface area contributed by atoms with Crippen molar-refractivity contribution in [3.05, 3.63) is 394 Å². The van der Waals surface area contributed by atoms with E-state index in [2.05, 4.69) is 403 Å². The fraction of sp³-hybridized carbons (Fsp3) is 0. The molecular weight excluding hydrogens is 1240 g/mol. The lowest BCUT2D eigenvalue weighted by molar-refractivity contribution is 0.893. The van der Waals surface area contributed by atoms with E-state index >= 15 is 0 Å². The van der Waals surface area contributed by atoms with Crippen LogP contribution >= 0.6 is 0 Å². The van der Waals surface area contributed by atoms with Crippen LogP contribution in [-0.2, 0) is 0 Å². The van der Waals surface area contributed by atoms with Crippen LogP contribution in [0.25, 0.3) is 111 Å². The van der Waals surface area contributed by atoms with Crippen molar-refractivity contribution in [1.82, 2.24) is 24.1 Å². The average molecular weight is 1310 g/mol. The monoisotopic (exact) mass is 1310 g/mol. The SMILES string of the molecule is c1ccc(-c2cccc([Si](c3ccccc3)(c3ccccc3)c3cc(-c4nc(-n5c6ccccc6c6ccccc65)nc(-n5c6ccccc6c6cc(-c7ccccc7)ccc65)n4)cc([Si](c4ccccc4)(c4cccc(-c5ccccc5)c4)c4cccc(-c5ccccc5)c4)c3)c2)cc1. The molecule has 0 bridgehead atoms. The minimum Gasteiger partial charge on any atom is -0.278 e. The average Bonchev–Trinajstić information content (AvgIpc) is 0.984. The van der Waals surface area contributed by atoms with Crippen molar-refractivity contribution in [2.75, 3.05) is 0 Å². The third-order valence-electron chi connectivity index (χ3n) is 20.3. The van der Waals surface area contributed by atoms with E-state index < -0.39 is 16.1 Å². The van der Waals surface area contributed by atoms with Gasteiger partial charge in [-0.3, -0.25) is 9.13 Å². The number of para-hydroxylation sites is 3. The van der Waals surface area contributed by atoms with Crippen LogP contribution in [0, 0.1) is 0 Å². The molecule has 3 aromatic heterocycles. The molecule has 5 nitrogen and oxygen atoms in total.